The average Bonchev–Trinajstić information content (AvgIpc) is 3.21. The van der Waals surface area contributed by atoms with Crippen molar-refractivity contribution in [3.63, 3.8) is 0 Å². The van der Waals surface area contributed by atoms with Gasteiger partial charge in [0.05, 0.1) is 11.2 Å². The maximum atomic E-state index is 12.5. The number of rotatable bonds is 6. The molecular formula is C17H25N5OS. The summed E-state index contributed by atoms with van der Waals surface area (Å²) in [6.45, 7) is 7.33. The summed E-state index contributed by atoms with van der Waals surface area (Å²) in [6.07, 6.45) is 6.25. The van der Waals surface area contributed by atoms with Gasteiger partial charge < -0.3 is 9.47 Å². The number of imidazole rings is 1. The van der Waals surface area contributed by atoms with E-state index < -0.39 is 0 Å². The van der Waals surface area contributed by atoms with Crippen molar-refractivity contribution in [1.82, 2.24) is 24.3 Å². The molecule has 0 saturated carbocycles. The molecule has 130 valence electrons. The topological polar surface area (TPSA) is 54.3 Å². The van der Waals surface area contributed by atoms with Crippen LogP contribution >= 0.6 is 11.3 Å². The Balaban J connectivity index is 1.47. The van der Waals surface area contributed by atoms with Crippen LogP contribution < -0.4 is 0 Å². The van der Waals surface area contributed by atoms with Crippen LogP contribution in [0.4, 0.5) is 0 Å². The Kier molecular flexibility index (Phi) is 5.98. The predicted octanol–water partition coefficient (Wildman–Crippen LogP) is 2.03. The van der Waals surface area contributed by atoms with E-state index in [-0.39, 0.29) is 5.91 Å². The Labute approximate surface area is 147 Å². The smallest absolute Gasteiger partial charge is 0.224 e. The minimum Gasteiger partial charge on any atom is -0.341 e. The lowest BCUT2D eigenvalue weighted by Gasteiger charge is -2.22. The van der Waals surface area contributed by atoms with Gasteiger partial charge in [-0.25, -0.2) is 9.97 Å². The number of nitrogens with zero attached hydrogens (tertiary/aromatic N) is 5. The first-order valence-electron chi connectivity index (χ1n) is 8.63. The second kappa shape index (κ2) is 8.39. The quantitative estimate of drug-likeness (QED) is 0.802. The lowest BCUT2D eigenvalue weighted by molar-refractivity contribution is -0.131. The molecule has 1 aliphatic heterocycles. The van der Waals surface area contributed by atoms with Gasteiger partial charge in [-0.2, -0.15) is 0 Å². The molecule has 0 aromatic carbocycles. The van der Waals surface area contributed by atoms with Gasteiger partial charge in [0.25, 0.3) is 0 Å². The van der Waals surface area contributed by atoms with Gasteiger partial charge in [0.15, 0.2) is 0 Å². The van der Waals surface area contributed by atoms with Crippen LogP contribution in [-0.4, -0.2) is 56.4 Å². The molecule has 1 aliphatic rings. The Morgan fingerprint density at radius 1 is 1.25 bits per heavy atom. The number of aromatic nitrogens is 3. The van der Waals surface area contributed by atoms with Gasteiger partial charge in [0, 0.05) is 69.9 Å². The standard InChI is InChI=1S/C17H25N5OS/c1-2-16-18-5-9-21(16)8-4-17(23)22-7-3-6-20(10-11-22)12-15-13-24-14-19-15/h5,9,13-14H,2-4,6-8,10-12H2,1H3. The van der Waals surface area contributed by atoms with Crippen LogP contribution in [0.25, 0.3) is 0 Å². The molecule has 0 radical (unpaired) electrons. The number of hydrogen-bond acceptors (Lipinski definition) is 5. The Morgan fingerprint density at radius 2 is 2.17 bits per heavy atom. The molecule has 1 saturated heterocycles. The first-order chi connectivity index (χ1) is 11.8. The number of thiazole rings is 1. The third-order valence-electron chi connectivity index (χ3n) is 4.49. The molecule has 3 rings (SSSR count). The van der Waals surface area contributed by atoms with Crippen LogP contribution in [0.15, 0.2) is 23.3 Å². The first kappa shape index (κ1) is 17.1. The molecule has 7 heteroatoms. The highest BCUT2D eigenvalue weighted by atomic mass is 32.1. The SMILES string of the molecule is CCc1nccn1CCC(=O)N1CCCN(Cc2cscn2)CC1. The summed E-state index contributed by atoms with van der Waals surface area (Å²) in [5.74, 6) is 1.30. The third-order valence-corrected chi connectivity index (χ3v) is 5.13. The zero-order valence-corrected chi connectivity index (χ0v) is 15.0. The molecule has 0 unspecified atom stereocenters. The van der Waals surface area contributed by atoms with Crippen LogP contribution in [0.1, 0.15) is 31.3 Å². The molecule has 2 aromatic rings. The van der Waals surface area contributed by atoms with Gasteiger partial charge in [-0.1, -0.05) is 6.92 Å². The second-order valence-corrected chi connectivity index (χ2v) is 6.85. The van der Waals surface area contributed by atoms with Crippen molar-refractivity contribution in [2.45, 2.75) is 39.3 Å². The Hall–Kier alpha value is -1.73. The van der Waals surface area contributed by atoms with Crippen molar-refractivity contribution in [2.24, 2.45) is 0 Å². The van der Waals surface area contributed by atoms with Crippen LogP contribution in [-0.2, 0) is 24.3 Å². The van der Waals surface area contributed by atoms with E-state index >= 15 is 0 Å². The van der Waals surface area contributed by atoms with Crippen molar-refractivity contribution in [3.8, 4) is 0 Å². The van der Waals surface area contributed by atoms with Gasteiger partial charge >= 0.3 is 0 Å². The number of carbonyl (C=O) groups is 1. The second-order valence-electron chi connectivity index (χ2n) is 6.13. The van der Waals surface area contributed by atoms with E-state index in [1.165, 1.54) is 0 Å². The van der Waals surface area contributed by atoms with Crippen LogP contribution in [0.3, 0.4) is 0 Å². The fourth-order valence-corrected chi connectivity index (χ4v) is 3.70. The molecule has 24 heavy (non-hydrogen) atoms. The van der Waals surface area contributed by atoms with Crippen molar-refractivity contribution in [2.75, 3.05) is 26.2 Å². The summed E-state index contributed by atoms with van der Waals surface area (Å²) in [6, 6.07) is 0. The van der Waals surface area contributed by atoms with E-state index in [9.17, 15) is 4.79 Å². The molecule has 0 bridgehead atoms. The van der Waals surface area contributed by atoms with Gasteiger partial charge in [-0.15, -0.1) is 11.3 Å². The molecular weight excluding hydrogens is 322 g/mol. The number of aryl methyl sites for hydroxylation is 2. The lowest BCUT2D eigenvalue weighted by atomic mass is 10.3. The summed E-state index contributed by atoms with van der Waals surface area (Å²) >= 11 is 1.64. The minimum absolute atomic E-state index is 0.251. The monoisotopic (exact) mass is 347 g/mol. The van der Waals surface area contributed by atoms with Crippen LogP contribution in [0.5, 0.6) is 0 Å². The van der Waals surface area contributed by atoms with Crippen molar-refractivity contribution >= 4 is 17.2 Å². The zero-order chi connectivity index (χ0) is 16.8. The van der Waals surface area contributed by atoms with Gasteiger partial charge in [-0.05, 0) is 6.42 Å². The van der Waals surface area contributed by atoms with E-state index in [0.29, 0.717) is 6.42 Å². The van der Waals surface area contributed by atoms with E-state index in [4.69, 9.17) is 0 Å². The number of carbonyl (C=O) groups excluding carboxylic acids is 1. The van der Waals surface area contributed by atoms with Crippen molar-refractivity contribution in [3.05, 3.63) is 34.8 Å². The lowest BCUT2D eigenvalue weighted by Crippen LogP contribution is -2.35. The van der Waals surface area contributed by atoms with E-state index in [1.807, 2.05) is 22.8 Å². The zero-order valence-electron chi connectivity index (χ0n) is 14.2. The maximum Gasteiger partial charge on any atom is 0.224 e. The minimum atomic E-state index is 0.251. The molecule has 3 heterocycles. The van der Waals surface area contributed by atoms with Gasteiger partial charge in [-0.3, -0.25) is 9.69 Å². The molecule has 1 fully saturated rings. The molecule has 6 nitrogen and oxygen atoms in total. The predicted molar refractivity (Wildman–Crippen MR) is 94.8 cm³/mol. The molecule has 0 spiro atoms. The average molecular weight is 347 g/mol. The van der Waals surface area contributed by atoms with E-state index in [2.05, 4.69) is 31.7 Å². The summed E-state index contributed by atoms with van der Waals surface area (Å²) in [5.41, 5.74) is 3.01. The summed E-state index contributed by atoms with van der Waals surface area (Å²) in [5, 5.41) is 2.10. The normalized spacial score (nSPS) is 16.3. The third kappa shape index (κ3) is 4.42. The maximum absolute atomic E-state index is 12.5. The first-order valence-corrected chi connectivity index (χ1v) is 9.57. The number of amides is 1. The van der Waals surface area contributed by atoms with Crippen molar-refractivity contribution < 1.29 is 4.79 Å². The fourth-order valence-electron chi connectivity index (χ4n) is 3.16. The molecule has 0 aliphatic carbocycles. The summed E-state index contributed by atoms with van der Waals surface area (Å²) in [7, 11) is 0. The highest BCUT2D eigenvalue weighted by Gasteiger charge is 2.19. The van der Waals surface area contributed by atoms with Gasteiger partial charge in [0.2, 0.25) is 5.91 Å². The largest absolute Gasteiger partial charge is 0.341 e. The highest BCUT2D eigenvalue weighted by Crippen LogP contribution is 2.11. The molecule has 1 amide bonds. The Morgan fingerprint density at radius 3 is 2.96 bits per heavy atom. The van der Waals surface area contributed by atoms with Crippen molar-refractivity contribution in [1.29, 1.82) is 0 Å². The van der Waals surface area contributed by atoms with Crippen LogP contribution in [0.2, 0.25) is 0 Å². The van der Waals surface area contributed by atoms with Gasteiger partial charge in [0.1, 0.15) is 5.82 Å². The molecule has 0 N–H and O–H groups in total. The summed E-state index contributed by atoms with van der Waals surface area (Å²) < 4.78 is 2.09. The Bertz CT molecular complexity index is 639. The van der Waals surface area contributed by atoms with E-state index in [0.717, 1.165) is 63.6 Å². The summed E-state index contributed by atoms with van der Waals surface area (Å²) in [4.78, 5) is 25.6. The van der Waals surface area contributed by atoms with Crippen LogP contribution in [0, 0.1) is 0 Å². The highest BCUT2D eigenvalue weighted by molar-refractivity contribution is 7.07. The molecule has 2 aromatic heterocycles. The molecule has 0 atom stereocenters. The number of hydrogen-bond donors (Lipinski definition) is 0. The fraction of sp³-hybridized carbons (Fsp3) is 0.588. The van der Waals surface area contributed by atoms with E-state index in [1.54, 1.807) is 11.3 Å².